The zero-order chi connectivity index (χ0) is 14.5. The van der Waals surface area contributed by atoms with Crippen LogP contribution in [0.4, 0.5) is 5.69 Å². The predicted octanol–water partition coefficient (Wildman–Crippen LogP) is 3.46. The van der Waals surface area contributed by atoms with Gasteiger partial charge in [-0.25, -0.2) is 4.98 Å². The van der Waals surface area contributed by atoms with Crippen LogP contribution in [0.2, 0.25) is 0 Å². The van der Waals surface area contributed by atoms with Crippen molar-refractivity contribution in [2.45, 2.75) is 20.4 Å². The van der Waals surface area contributed by atoms with Gasteiger partial charge in [0.25, 0.3) is 5.69 Å². The molecule has 6 heteroatoms. The number of benzene rings is 1. The Morgan fingerprint density at radius 3 is 2.65 bits per heavy atom. The first-order valence-electron chi connectivity index (χ1n) is 6.46. The molecule has 0 aliphatic rings. The molecule has 0 bridgehead atoms. The van der Waals surface area contributed by atoms with Crippen molar-refractivity contribution in [3.8, 4) is 11.3 Å². The third kappa shape index (κ3) is 3.85. The normalized spacial score (nSPS) is 10.9. The van der Waals surface area contributed by atoms with E-state index in [1.54, 1.807) is 23.5 Å². The van der Waals surface area contributed by atoms with Crippen LogP contribution in [0.1, 0.15) is 18.9 Å². The lowest BCUT2D eigenvalue weighted by atomic mass is 10.1. The molecule has 1 N–H and O–H groups in total. The van der Waals surface area contributed by atoms with Crippen LogP contribution in [0.3, 0.4) is 0 Å². The first-order valence-corrected chi connectivity index (χ1v) is 7.34. The highest BCUT2D eigenvalue weighted by Crippen LogP contribution is 2.24. The molecule has 0 saturated heterocycles. The van der Waals surface area contributed by atoms with Crippen LogP contribution in [0.5, 0.6) is 0 Å². The lowest BCUT2D eigenvalue weighted by molar-refractivity contribution is -0.384. The van der Waals surface area contributed by atoms with Crippen LogP contribution in [-0.4, -0.2) is 16.5 Å². The summed E-state index contributed by atoms with van der Waals surface area (Å²) in [6.07, 6.45) is 0. The zero-order valence-corrected chi connectivity index (χ0v) is 12.3. The molecule has 1 heterocycles. The van der Waals surface area contributed by atoms with Crippen molar-refractivity contribution in [2.75, 3.05) is 6.54 Å². The van der Waals surface area contributed by atoms with Crippen molar-refractivity contribution in [1.82, 2.24) is 10.3 Å². The number of nitro groups is 1. The highest BCUT2D eigenvalue weighted by Gasteiger charge is 2.08. The quantitative estimate of drug-likeness (QED) is 0.653. The van der Waals surface area contributed by atoms with Gasteiger partial charge in [0.2, 0.25) is 0 Å². The van der Waals surface area contributed by atoms with E-state index < -0.39 is 4.92 Å². The van der Waals surface area contributed by atoms with Gasteiger partial charge in [-0.05, 0) is 24.6 Å². The minimum Gasteiger partial charge on any atom is -0.310 e. The fourth-order valence-electron chi connectivity index (χ4n) is 1.75. The SMILES string of the molecule is CC(C)CNCc1nc(-c2ccc([N+](=O)[O-])cc2)cs1. The molecule has 0 fully saturated rings. The van der Waals surface area contributed by atoms with Gasteiger partial charge in [0.05, 0.1) is 10.6 Å². The number of thiazole rings is 1. The summed E-state index contributed by atoms with van der Waals surface area (Å²) in [5.41, 5.74) is 1.87. The first-order chi connectivity index (χ1) is 9.56. The van der Waals surface area contributed by atoms with E-state index in [-0.39, 0.29) is 5.69 Å². The molecular weight excluding hydrogens is 274 g/mol. The van der Waals surface area contributed by atoms with Gasteiger partial charge in [-0.2, -0.15) is 0 Å². The second-order valence-electron chi connectivity index (χ2n) is 4.96. The minimum absolute atomic E-state index is 0.0998. The summed E-state index contributed by atoms with van der Waals surface area (Å²) < 4.78 is 0. The Hall–Kier alpha value is -1.79. The molecule has 106 valence electrons. The highest BCUT2D eigenvalue weighted by atomic mass is 32.1. The van der Waals surface area contributed by atoms with Gasteiger partial charge in [0.15, 0.2) is 0 Å². The molecule has 0 radical (unpaired) electrons. The highest BCUT2D eigenvalue weighted by molar-refractivity contribution is 7.09. The number of rotatable bonds is 6. The van der Waals surface area contributed by atoms with E-state index in [1.165, 1.54) is 12.1 Å². The van der Waals surface area contributed by atoms with Crippen molar-refractivity contribution >= 4 is 17.0 Å². The Balaban J connectivity index is 2.02. The molecule has 0 unspecified atom stereocenters. The standard InChI is InChI=1S/C14H17N3O2S/c1-10(2)7-15-8-14-16-13(9-20-14)11-3-5-12(6-4-11)17(18)19/h3-6,9-10,15H,7-8H2,1-2H3. The number of nitrogens with one attached hydrogen (secondary N) is 1. The Bertz CT molecular complexity index is 578. The van der Waals surface area contributed by atoms with Crippen molar-refractivity contribution < 1.29 is 4.92 Å². The van der Waals surface area contributed by atoms with Gasteiger partial charge in [-0.3, -0.25) is 10.1 Å². The molecule has 0 amide bonds. The number of nitro benzene ring substituents is 1. The Labute approximate surface area is 121 Å². The first kappa shape index (κ1) is 14.6. The third-order valence-electron chi connectivity index (χ3n) is 2.75. The fourth-order valence-corrected chi connectivity index (χ4v) is 2.52. The van der Waals surface area contributed by atoms with Crippen LogP contribution >= 0.6 is 11.3 Å². The summed E-state index contributed by atoms with van der Waals surface area (Å²) in [4.78, 5) is 14.8. The molecule has 0 saturated carbocycles. The minimum atomic E-state index is -0.397. The maximum Gasteiger partial charge on any atom is 0.269 e. The van der Waals surface area contributed by atoms with Crippen molar-refractivity contribution in [3.05, 3.63) is 44.8 Å². The van der Waals surface area contributed by atoms with Crippen LogP contribution in [0.25, 0.3) is 11.3 Å². The van der Waals surface area contributed by atoms with Gasteiger partial charge in [0.1, 0.15) is 5.01 Å². The average molecular weight is 291 g/mol. The number of hydrogen-bond acceptors (Lipinski definition) is 5. The molecule has 0 aliphatic carbocycles. The van der Waals surface area contributed by atoms with E-state index in [2.05, 4.69) is 24.1 Å². The van der Waals surface area contributed by atoms with Crippen molar-refractivity contribution in [3.63, 3.8) is 0 Å². The predicted molar refractivity (Wildman–Crippen MR) is 80.7 cm³/mol. The molecule has 0 aliphatic heterocycles. The Kier molecular flexibility index (Phi) is 4.81. The second kappa shape index (κ2) is 6.58. The van der Waals surface area contributed by atoms with Gasteiger partial charge in [0, 0.05) is 29.6 Å². The van der Waals surface area contributed by atoms with Gasteiger partial charge < -0.3 is 5.32 Å². The maximum absolute atomic E-state index is 10.6. The molecule has 2 aromatic rings. The van der Waals surface area contributed by atoms with Crippen LogP contribution < -0.4 is 5.32 Å². The zero-order valence-electron chi connectivity index (χ0n) is 11.5. The van der Waals surface area contributed by atoms with E-state index in [0.717, 1.165) is 29.4 Å². The molecule has 1 aromatic carbocycles. The average Bonchev–Trinajstić information content (AvgIpc) is 2.87. The van der Waals surface area contributed by atoms with Crippen molar-refractivity contribution in [2.24, 2.45) is 5.92 Å². The molecule has 0 spiro atoms. The molecule has 0 atom stereocenters. The van der Waals surface area contributed by atoms with Crippen LogP contribution in [0.15, 0.2) is 29.6 Å². The third-order valence-corrected chi connectivity index (χ3v) is 3.60. The summed E-state index contributed by atoms with van der Waals surface area (Å²) in [6, 6.07) is 6.48. The van der Waals surface area contributed by atoms with Gasteiger partial charge in [-0.15, -0.1) is 11.3 Å². The molecule has 20 heavy (non-hydrogen) atoms. The van der Waals surface area contributed by atoms with E-state index in [1.807, 2.05) is 5.38 Å². The lowest BCUT2D eigenvalue weighted by Gasteiger charge is -2.04. The Morgan fingerprint density at radius 1 is 1.35 bits per heavy atom. The smallest absolute Gasteiger partial charge is 0.269 e. The second-order valence-corrected chi connectivity index (χ2v) is 5.90. The number of nitrogens with zero attached hydrogens (tertiary/aromatic N) is 2. The summed E-state index contributed by atoms with van der Waals surface area (Å²) in [5, 5.41) is 17.0. The summed E-state index contributed by atoms with van der Waals surface area (Å²) in [6.45, 7) is 6.05. The van der Waals surface area contributed by atoms with E-state index in [0.29, 0.717) is 5.92 Å². The van der Waals surface area contributed by atoms with E-state index in [9.17, 15) is 10.1 Å². The van der Waals surface area contributed by atoms with Gasteiger partial charge >= 0.3 is 0 Å². The summed E-state index contributed by atoms with van der Waals surface area (Å²) >= 11 is 1.60. The van der Waals surface area contributed by atoms with Gasteiger partial charge in [-0.1, -0.05) is 13.8 Å². The van der Waals surface area contributed by atoms with Crippen LogP contribution in [0, 0.1) is 16.0 Å². The summed E-state index contributed by atoms with van der Waals surface area (Å²) in [7, 11) is 0. The number of aromatic nitrogens is 1. The summed E-state index contributed by atoms with van der Waals surface area (Å²) in [5.74, 6) is 0.615. The molecule has 1 aromatic heterocycles. The van der Waals surface area contributed by atoms with E-state index >= 15 is 0 Å². The number of non-ortho nitro benzene ring substituents is 1. The molecular formula is C14H17N3O2S. The molecule has 5 nitrogen and oxygen atoms in total. The number of hydrogen-bond donors (Lipinski definition) is 1. The largest absolute Gasteiger partial charge is 0.310 e. The molecule has 2 rings (SSSR count). The van der Waals surface area contributed by atoms with Crippen LogP contribution in [-0.2, 0) is 6.54 Å². The fraction of sp³-hybridized carbons (Fsp3) is 0.357. The van der Waals surface area contributed by atoms with Crippen molar-refractivity contribution in [1.29, 1.82) is 0 Å². The topological polar surface area (TPSA) is 68.1 Å². The monoisotopic (exact) mass is 291 g/mol. The lowest BCUT2D eigenvalue weighted by Crippen LogP contribution is -2.18. The van der Waals surface area contributed by atoms with E-state index in [4.69, 9.17) is 0 Å². The maximum atomic E-state index is 10.6. The Morgan fingerprint density at radius 2 is 2.05 bits per heavy atom.